The van der Waals surface area contributed by atoms with Gasteiger partial charge in [-0.2, -0.15) is 0 Å². The molecule has 80 valence electrons. The summed E-state index contributed by atoms with van der Waals surface area (Å²) in [7, 11) is 0. The van der Waals surface area contributed by atoms with Gasteiger partial charge < -0.3 is 15.8 Å². The van der Waals surface area contributed by atoms with Gasteiger partial charge in [-0.05, 0) is 12.8 Å². The topological polar surface area (TPSA) is 88.2 Å². The van der Waals surface area contributed by atoms with Crippen molar-refractivity contribution >= 4 is 22.8 Å². The van der Waals surface area contributed by atoms with Crippen molar-refractivity contribution in [1.82, 2.24) is 5.32 Å². The summed E-state index contributed by atoms with van der Waals surface area (Å²) in [5.74, 6) is 0.114. The molecule has 1 aliphatic rings. The molecule has 1 heterocycles. The Balaban J connectivity index is 2.05. The van der Waals surface area contributed by atoms with E-state index in [0.717, 1.165) is 31.2 Å². The van der Waals surface area contributed by atoms with Crippen molar-refractivity contribution in [1.29, 1.82) is 5.41 Å². The molecular formula is C8H15N3O2S. The number of carbonyl (C=O) groups is 1. The zero-order valence-electron chi connectivity index (χ0n) is 7.91. The molecule has 5 nitrogen and oxygen atoms in total. The standard InChI is InChI=1S/C8H15N3O2S/c9-8(10)14-5-7(12)11-4-6-2-1-3-13-6/h6H,1-5H2,(H3,9,10)(H,11,12). The van der Waals surface area contributed by atoms with E-state index in [0.29, 0.717) is 6.54 Å². The first-order valence-electron chi connectivity index (χ1n) is 4.53. The van der Waals surface area contributed by atoms with Gasteiger partial charge in [-0.15, -0.1) is 0 Å². The van der Waals surface area contributed by atoms with Crippen LogP contribution in [0, 0.1) is 5.41 Å². The fourth-order valence-corrected chi connectivity index (χ4v) is 1.62. The SMILES string of the molecule is N=C(N)SCC(=O)NCC1CCCO1. The van der Waals surface area contributed by atoms with Crippen molar-refractivity contribution in [2.75, 3.05) is 18.9 Å². The number of nitrogens with one attached hydrogen (secondary N) is 2. The van der Waals surface area contributed by atoms with E-state index in [9.17, 15) is 4.79 Å². The highest BCUT2D eigenvalue weighted by Gasteiger charge is 2.15. The number of ether oxygens (including phenoxy) is 1. The normalized spacial score (nSPS) is 20.7. The Morgan fingerprint density at radius 2 is 2.50 bits per heavy atom. The molecule has 0 saturated carbocycles. The van der Waals surface area contributed by atoms with Crippen molar-refractivity contribution in [2.24, 2.45) is 5.73 Å². The van der Waals surface area contributed by atoms with Crippen LogP contribution in [0.3, 0.4) is 0 Å². The molecular weight excluding hydrogens is 202 g/mol. The van der Waals surface area contributed by atoms with E-state index in [4.69, 9.17) is 15.9 Å². The third-order valence-corrected chi connectivity index (χ3v) is 2.63. The van der Waals surface area contributed by atoms with Gasteiger partial charge in [-0.3, -0.25) is 10.2 Å². The van der Waals surface area contributed by atoms with Gasteiger partial charge >= 0.3 is 0 Å². The highest BCUT2D eigenvalue weighted by Crippen LogP contribution is 2.10. The lowest BCUT2D eigenvalue weighted by atomic mass is 10.2. The van der Waals surface area contributed by atoms with E-state index < -0.39 is 0 Å². The van der Waals surface area contributed by atoms with Crippen molar-refractivity contribution in [2.45, 2.75) is 18.9 Å². The highest BCUT2D eigenvalue weighted by molar-refractivity contribution is 8.14. The number of carbonyl (C=O) groups excluding carboxylic acids is 1. The molecule has 0 spiro atoms. The van der Waals surface area contributed by atoms with Gasteiger partial charge in [0.05, 0.1) is 11.9 Å². The van der Waals surface area contributed by atoms with Crippen LogP contribution in [0.1, 0.15) is 12.8 Å². The van der Waals surface area contributed by atoms with Gasteiger partial charge in [0.15, 0.2) is 5.17 Å². The van der Waals surface area contributed by atoms with Crippen LogP contribution in [0.15, 0.2) is 0 Å². The predicted octanol–water partition coefficient (Wildman–Crippen LogP) is -0.0917. The lowest BCUT2D eigenvalue weighted by Crippen LogP contribution is -2.33. The van der Waals surface area contributed by atoms with Crippen LogP contribution in [0.25, 0.3) is 0 Å². The smallest absolute Gasteiger partial charge is 0.230 e. The quantitative estimate of drug-likeness (QED) is 0.453. The zero-order valence-corrected chi connectivity index (χ0v) is 8.73. The molecule has 1 unspecified atom stereocenters. The largest absolute Gasteiger partial charge is 0.379 e. The first-order chi connectivity index (χ1) is 6.68. The Bertz CT molecular complexity index is 217. The van der Waals surface area contributed by atoms with Crippen LogP contribution < -0.4 is 11.1 Å². The first-order valence-corrected chi connectivity index (χ1v) is 5.52. The molecule has 0 aromatic carbocycles. The van der Waals surface area contributed by atoms with Gasteiger partial charge in [-0.1, -0.05) is 11.8 Å². The third kappa shape index (κ3) is 4.48. The summed E-state index contributed by atoms with van der Waals surface area (Å²) < 4.78 is 5.34. The molecule has 0 radical (unpaired) electrons. The average Bonchev–Trinajstić information content (AvgIpc) is 2.63. The molecule has 0 bridgehead atoms. The van der Waals surface area contributed by atoms with E-state index in [-0.39, 0.29) is 22.9 Å². The van der Waals surface area contributed by atoms with E-state index >= 15 is 0 Å². The number of hydrogen-bond donors (Lipinski definition) is 3. The van der Waals surface area contributed by atoms with Crippen molar-refractivity contribution in [3.63, 3.8) is 0 Å². The number of nitrogens with two attached hydrogens (primary N) is 1. The van der Waals surface area contributed by atoms with E-state index in [1.165, 1.54) is 0 Å². The molecule has 6 heteroatoms. The third-order valence-electron chi connectivity index (χ3n) is 1.91. The first kappa shape index (κ1) is 11.3. The van der Waals surface area contributed by atoms with Crippen molar-refractivity contribution in [3.05, 3.63) is 0 Å². The lowest BCUT2D eigenvalue weighted by molar-refractivity contribution is -0.119. The minimum atomic E-state index is -0.0966. The fourth-order valence-electron chi connectivity index (χ4n) is 1.23. The number of thioether (sulfide) groups is 1. The second-order valence-corrected chi connectivity index (χ2v) is 4.11. The van der Waals surface area contributed by atoms with Crippen LogP contribution >= 0.6 is 11.8 Å². The van der Waals surface area contributed by atoms with E-state index in [2.05, 4.69) is 5.32 Å². The van der Waals surface area contributed by atoms with Crippen LogP contribution in [-0.2, 0) is 9.53 Å². The molecule has 1 saturated heterocycles. The number of rotatable bonds is 4. The molecule has 0 aromatic heterocycles. The van der Waals surface area contributed by atoms with Crippen LogP contribution in [0.5, 0.6) is 0 Å². The Morgan fingerprint density at radius 3 is 3.07 bits per heavy atom. The molecule has 4 N–H and O–H groups in total. The molecule has 1 aliphatic heterocycles. The molecule has 0 aliphatic carbocycles. The van der Waals surface area contributed by atoms with Crippen molar-refractivity contribution in [3.8, 4) is 0 Å². The minimum absolute atomic E-state index is 0.0303. The Hall–Kier alpha value is -0.750. The second kappa shape index (κ2) is 5.87. The summed E-state index contributed by atoms with van der Waals surface area (Å²) >= 11 is 1.03. The lowest BCUT2D eigenvalue weighted by Gasteiger charge is -2.10. The molecule has 14 heavy (non-hydrogen) atoms. The maximum atomic E-state index is 11.2. The summed E-state index contributed by atoms with van der Waals surface area (Å²) in [6, 6.07) is 0. The monoisotopic (exact) mass is 217 g/mol. The highest BCUT2D eigenvalue weighted by atomic mass is 32.2. The second-order valence-electron chi connectivity index (χ2n) is 3.09. The Morgan fingerprint density at radius 1 is 1.71 bits per heavy atom. The summed E-state index contributed by atoms with van der Waals surface area (Å²) in [6.07, 6.45) is 2.25. The molecule has 1 rings (SSSR count). The Kier molecular flexibility index (Phi) is 4.75. The van der Waals surface area contributed by atoms with Crippen LogP contribution in [0.4, 0.5) is 0 Å². The number of amidine groups is 1. The summed E-state index contributed by atoms with van der Waals surface area (Å²) in [5, 5.41) is 9.64. The van der Waals surface area contributed by atoms with Gasteiger partial charge in [0.1, 0.15) is 0 Å². The van der Waals surface area contributed by atoms with Crippen LogP contribution in [0.2, 0.25) is 0 Å². The maximum Gasteiger partial charge on any atom is 0.230 e. The molecule has 0 aromatic rings. The van der Waals surface area contributed by atoms with Gasteiger partial charge in [0, 0.05) is 13.2 Å². The summed E-state index contributed by atoms with van der Waals surface area (Å²) in [4.78, 5) is 11.2. The van der Waals surface area contributed by atoms with Crippen molar-refractivity contribution < 1.29 is 9.53 Å². The van der Waals surface area contributed by atoms with Gasteiger partial charge in [0.25, 0.3) is 0 Å². The molecule has 1 atom stereocenters. The van der Waals surface area contributed by atoms with E-state index in [1.807, 2.05) is 0 Å². The molecule has 1 amide bonds. The van der Waals surface area contributed by atoms with Gasteiger partial charge in [-0.25, -0.2) is 0 Å². The average molecular weight is 217 g/mol. The minimum Gasteiger partial charge on any atom is -0.379 e. The fraction of sp³-hybridized carbons (Fsp3) is 0.750. The Labute approximate surface area is 87.3 Å². The maximum absolute atomic E-state index is 11.2. The molecule has 1 fully saturated rings. The predicted molar refractivity (Wildman–Crippen MR) is 56.4 cm³/mol. The van der Waals surface area contributed by atoms with E-state index in [1.54, 1.807) is 0 Å². The number of amides is 1. The van der Waals surface area contributed by atoms with Crippen LogP contribution in [-0.4, -0.2) is 36.1 Å². The summed E-state index contributed by atoms with van der Waals surface area (Å²) in [6.45, 7) is 1.36. The number of hydrogen-bond acceptors (Lipinski definition) is 4. The summed E-state index contributed by atoms with van der Waals surface area (Å²) in [5.41, 5.74) is 5.10. The van der Waals surface area contributed by atoms with Gasteiger partial charge in [0.2, 0.25) is 5.91 Å². The zero-order chi connectivity index (χ0) is 10.4.